The van der Waals surface area contributed by atoms with E-state index in [1.54, 1.807) is 0 Å². The van der Waals surface area contributed by atoms with Crippen LogP contribution in [0, 0.1) is 0 Å². The number of unbranched alkanes of at least 4 members (excludes halogenated alkanes) is 24. The van der Waals surface area contributed by atoms with Crippen LogP contribution in [0.1, 0.15) is 239 Å². The summed E-state index contributed by atoms with van der Waals surface area (Å²) in [6, 6.07) is -0.866. The van der Waals surface area contributed by atoms with Gasteiger partial charge >= 0.3 is 13.8 Å². The van der Waals surface area contributed by atoms with Gasteiger partial charge in [-0.1, -0.05) is 203 Å². The van der Waals surface area contributed by atoms with Gasteiger partial charge in [-0.15, -0.1) is 0 Å². The predicted octanol–water partition coefficient (Wildman–Crippen LogP) is 16.9. The van der Waals surface area contributed by atoms with Crippen molar-refractivity contribution in [2.45, 2.75) is 251 Å². The van der Waals surface area contributed by atoms with E-state index in [9.17, 15) is 19.0 Å². The number of ether oxygens (including phenoxy) is 1. The Balaban J connectivity index is 5.42. The summed E-state index contributed by atoms with van der Waals surface area (Å²) in [4.78, 5) is 37.5. The lowest BCUT2D eigenvalue weighted by Gasteiger charge is -2.27. The van der Waals surface area contributed by atoms with E-state index < -0.39 is 20.0 Å². The molecule has 0 fully saturated rings. The third kappa shape index (κ3) is 50.2. The van der Waals surface area contributed by atoms with Gasteiger partial charge in [-0.05, 0) is 96.0 Å². The average Bonchev–Trinajstić information content (AvgIpc) is 3.31. The van der Waals surface area contributed by atoms with Crippen molar-refractivity contribution in [2.75, 3.05) is 40.9 Å². The predicted molar refractivity (Wildman–Crippen MR) is 295 cm³/mol. The third-order valence-electron chi connectivity index (χ3n) is 12.1. The SMILES string of the molecule is CCCC/C=C\CCCCCCCC(=O)NC(COP(=O)(O)OCC[N+](C)(C)C)C(/C=C\CCCCCCCCCCCCC)OC(=O)CCCCC/C=C\C/C=C\C/C=C\C/C=C\CCCCC. The van der Waals surface area contributed by atoms with Crippen LogP contribution in [-0.2, 0) is 27.9 Å². The molecule has 0 saturated heterocycles. The lowest BCUT2D eigenvalue weighted by Crippen LogP contribution is -2.47. The number of phosphoric acid groups is 1. The number of nitrogens with zero attached hydrogens (tertiary/aromatic N) is 1. The van der Waals surface area contributed by atoms with Gasteiger partial charge in [0.05, 0.1) is 33.8 Å². The Morgan fingerprint density at radius 3 is 1.42 bits per heavy atom. The molecule has 0 aliphatic carbocycles. The quantitative estimate of drug-likeness (QED) is 0.0205. The maximum atomic E-state index is 13.4. The highest BCUT2D eigenvalue weighted by Crippen LogP contribution is 2.43. The molecule has 0 spiro atoms. The van der Waals surface area contributed by atoms with Crippen LogP contribution < -0.4 is 5.32 Å². The van der Waals surface area contributed by atoms with Crippen molar-refractivity contribution in [3.63, 3.8) is 0 Å². The van der Waals surface area contributed by atoms with Crippen LogP contribution in [-0.4, -0.2) is 74.3 Å². The Morgan fingerprint density at radius 2 is 0.899 bits per heavy atom. The van der Waals surface area contributed by atoms with Crippen LogP contribution >= 0.6 is 7.82 Å². The maximum absolute atomic E-state index is 13.4. The number of rotatable bonds is 50. The van der Waals surface area contributed by atoms with Gasteiger partial charge in [0.25, 0.3) is 0 Å². The van der Waals surface area contributed by atoms with Gasteiger partial charge in [0.15, 0.2) is 0 Å². The highest BCUT2D eigenvalue weighted by molar-refractivity contribution is 7.47. The van der Waals surface area contributed by atoms with E-state index in [1.807, 2.05) is 33.3 Å². The fourth-order valence-corrected chi connectivity index (χ4v) is 8.40. The second kappa shape index (κ2) is 49.0. The molecule has 9 nitrogen and oxygen atoms in total. The summed E-state index contributed by atoms with van der Waals surface area (Å²) in [5.41, 5.74) is 0. The molecule has 0 aromatic rings. The number of hydrogen-bond donors (Lipinski definition) is 2. The van der Waals surface area contributed by atoms with Gasteiger partial charge in [0.2, 0.25) is 5.91 Å². The second-order valence-corrected chi connectivity index (χ2v) is 21.6. The van der Waals surface area contributed by atoms with Gasteiger partial charge < -0.3 is 19.4 Å². The van der Waals surface area contributed by atoms with Gasteiger partial charge in [0.1, 0.15) is 19.3 Å². The molecule has 69 heavy (non-hydrogen) atoms. The number of allylic oxidation sites excluding steroid dienone is 11. The lowest BCUT2D eigenvalue weighted by molar-refractivity contribution is -0.870. The van der Waals surface area contributed by atoms with E-state index in [0.29, 0.717) is 23.9 Å². The number of carbonyl (C=O) groups is 2. The molecule has 0 aliphatic rings. The number of nitrogens with one attached hydrogen (secondary N) is 1. The van der Waals surface area contributed by atoms with Gasteiger partial charge in [-0.2, -0.15) is 0 Å². The van der Waals surface area contributed by atoms with Crippen molar-refractivity contribution < 1.29 is 37.3 Å². The zero-order chi connectivity index (χ0) is 50.8. The Kier molecular flexibility index (Phi) is 47.2. The molecular weight excluding hydrogens is 880 g/mol. The van der Waals surface area contributed by atoms with Gasteiger partial charge in [0, 0.05) is 12.8 Å². The monoisotopic (exact) mass is 988 g/mol. The Hall–Kier alpha value is -2.55. The summed E-state index contributed by atoms with van der Waals surface area (Å²) in [5.74, 6) is -0.555. The molecule has 3 unspecified atom stereocenters. The van der Waals surface area contributed by atoms with Crippen molar-refractivity contribution in [1.82, 2.24) is 5.32 Å². The van der Waals surface area contributed by atoms with E-state index in [1.165, 1.54) is 96.3 Å². The van der Waals surface area contributed by atoms with Crippen molar-refractivity contribution in [1.29, 1.82) is 0 Å². The number of hydrogen-bond acceptors (Lipinski definition) is 6. The summed E-state index contributed by atoms with van der Waals surface area (Å²) in [6.45, 7) is 6.90. The van der Waals surface area contributed by atoms with E-state index in [2.05, 4.69) is 86.8 Å². The van der Waals surface area contributed by atoms with E-state index in [4.69, 9.17) is 13.8 Å². The van der Waals surface area contributed by atoms with Gasteiger partial charge in [-0.25, -0.2) is 4.57 Å². The molecule has 400 valence electrons. The molecule has 0 aromatic carbocycles. The van der Waals surface area contributed by atoms with Gasteiger partial charge in [-0.3, -0.25) is 18.6 Å². The Labute approximate surface area is 425 Å². The first-order chi connectivity index (χ1) is 33.4. The smallest absolute Gasteiger partial charge is 0.456 e. The zero-order valence-electron chi connectivity index (χ0n) is 45.5. The van der Waals surface area contributed by atoms with Crippen LogP contribution in [0.15, 0.2) is 72.9 Å². The minimum absolute atomic E-state index is 0.0309. The molecule has 0 aliphatic heterocycles. The van der Waals surface area contributed by atoms with Crippen molar-refractivity contribution in [3.05, 3.63) is 72.9 Å². The largest absolute Gasteiger partial charge is 0.472 e. The van der Waals surface area contributed by atoms with Crippen molar-refractivity contribution in [2.24, 2.45) is 0 Å². The lowest BCUT2D eigenvalue weighted by atomic mass is 10.0. The molecule has 2 N–H and O–H groups in total. The molecule has 0 aromatic heterocycles. The molecule has 0 saturated carbocycles. The summed E-state index contributed by atoms with van der Waals surface area (Å²) in [7, 11) is 1.46. The maximum Gasteiger partial charge on any atom is 0.472 e. The molecule has 0 rings (SSSR count). The van der Waals surface area contributed by atoms with Crippen LogP contribution in [0.3, 0.4) is 0 Å². The first-order valence-corrected chi connectivity index (χ1v) is 29.8. The first kappa shape index (κ1) is 66.5. The standard InChI is InChI=1S/C59H107N2O7P/c1-7-10-13-16-19-22-25-27-28-29-30-31-32-34-37-40-43-46-49-52-59(63)68-57(50-47-44-41-38-36-33-26-23-20-17-14-11-8-2)56(55-67-69(64,65)66-54-53-61(4,5)6)60-58(62)51-48-45-42-39-35-24-21-18-15-12-9-3/h18-19,21-22,27-28,30-31,34,37,47,50,56-57H,7-17,20,23-26,29,32-33,35-36,38-46,48-49,51-55H2,1-6H3,(H-,60,62,64,65)/p+1/b21-18-,22-19-,28-27-,31-30-,37-34-,50-47-. The molecule has 0 heterocycles. The minimum atomic E-state index is -4.45. The average molecular weight is 988 g/mol. The number of phosphoric ester groups is 1. The number of carbonyl (C=O) groups excluding carboxylic acids is 2. The van der Waals surface area contributed by atoms with Crippen LogP contribution in [0.25, 0.3) is 0 Å². The van der Waals surface area contributed by atoms with Crippen molar-refractivity contribution in [3.8, 4) is 0 Å². The molecular formula is C59H108N2O7P+. The molecule has 10 heteroatoms. The fraction of sp³-hybridized carbons (Fsp3) is 0.763. The summed E-state index contributed by atoms with van der Waals surface area (Å²) in [5, 5.41) is 3.03. The number of amides is 1. The normalized spacial score (nSPS) is 14.4. The minimum Gasteiger partial charge on any atom is -0.456 e. The summed E-state index contributed by atoms with van der Waals surface area (Å²) >= 11 is 0. The zero-order valence-corrected chi connectivity index (χ0v) is 46.4. The highest BCUT2D eigenvalue weighted by Gasteiger charge is 2.30. The number of quaternary nitrogens is 1. The Morgan fingerprint density at radius 1 is 0.507 bits per heavy atom. The third-order valence-corrected chi connectivity index (χ3v) is 13.1. The number of esters is 1. The summed E-state index contributed by atoms with van der Waals surface area (Å²) in [6.07, 6.45) is 61.8. The fourth-order valence-electron chi connectivity index (χ4n) is 7.67. The molecule has 0 bridgehead atoms. The van der Waals surface area contributed by atoms with Crippen LogP contribution in [0.5, 0.6) is 0 Å². The molecule has 0 radical (unpaired) electrons. The summed E-state index contributed by atoms with van der Waals surface area (Å²) < 4.78 is 30.5. The van der Waals surface area contributed by atoms with Crippen LogP contribution in [0.2, 0.25) is 0 Å². The Bertz CT molecular complexity index is 1420. The molecule has 3 atom stereocenters. The van der Waals surface area contributed by atoms with E-state index in [-0.39, 0.29) is 31.5 Å². The molecule has 1 amide bonds. The van der Waals surface area contributed by atoms with E-state index >= 15 is 0 Å². The van der Waals surface area contributed by atoms with Crippen molar-refractivity contribution >= 4 is 19.7 Å². The highest BCUT2D eigenvalue weighted by atomic mass is 31.2. The second-order valence-electron chi connectivity index (χ2n) is 20.1. The first-order valence-electron chi connectivity index (χ1n) is 28.3. The van der Waals surface area contributed by atoms with E-state index in [0.717, 1.165) is 103 Å². The number of likely N-dealkylation sites (N-methyl/N-ethyl adjacent to an activating group) is 1. The topological polar surface area (TPSA) is 111 Å². The van der Waals surface area contributed by atoms with Crippen LogP contribution in [0.4, 0.5) is 0 Å².